The number of rotatable bonds is 22. The Bertz CT molecular complexity index is 5330. The largest absolute Gasteiger partial charge is 0.497 e. The average Bonchev–Trinajstić information content (AvgIpc) is 1.70. The van der Waals surface area contributed by atoms with E-state index in [1.807, 2.05) is 43.3 Å². The van der Waals surface area contributed by atoms with Crippen LogP contribution in [0.4, 0.5) is 93.3 Å². The Hall–Kier alpha value is -13.6. The Morgan fingerprint density at radius 2 is 0.776 bits per heavy atom. The van der Waals surface area contributed by atoms with Gasteiger partial charge in [-0.25, -0.2) is 41.3 Å². The molecule has 0 aliphatic rings. The van der Waals surface area contributed by atoms with Gasteiger partial charge in [0, 0.05) is 70.3 Å². The second kappa shape index (κ2) is 34.6. The van der Waals surface area contributed by atoms with E-state index < -0.39 is 68.9 Å². The Balaban J connectivity index is 0.000000172. The molecule has 12 rings (SSSR count). The number of nitrogens with zero attached hydrogens (tertiary/aromatic N) is 4. The van der Waals surface area contributed by atoms with Crippen molar-refractivity contribution in [2.45, 2.75) is 26.8 Å². The maximum Gasteiger partial charge on any atom is 0.255 e. The molecule has 12 aromatic rings. The number of carbonyl (C=O) groups excluding carboxylic acids is 7. The monoisotopic (exact) mass is 1500 g/mol. The van der Waals surface area contributed by atoms with Gasteiger partial charge in [0.1, 0.15) is 72.7 Å². The summed E-state index contributed by atoms with van der Waals surface area (Å²) < 4.78 is 89.2. The van der Waals surface area contributed by atoms with Crippen molar-refractivity contribution in [3.63, 3.8) is 0 Å². The minimum atomic E-state index is -0.986. The van der Waals surface area contributed by atoms with Gasteiger partial charge in [-0.2, -0.15) is 5.26 Å². The van der Waals surface area contributed by atoms with Crippen molar-refractivity contribution < 1.29 is 64.6 Å². The summed E-state index contributed by atoms with van der Waals surface area (Å²) in [6.07, 6.45) is 0.336. The number of ketones is 3. The highest BCUT2D eigenvalue weighted by Crippen LogP contribution is 2.35. The van der Waals surface area contributed by atoms with Crippen LogP contribution in [-0.4, -0.2) is 63.0 Å². The second-order valence-electron chi connectivity index (χ2n) is 22.8. The smallest absolute Gasteiger partial charge is 0.255 e. The summed E-state index contributed by atoms with van der Waals surface area (Å²) in [5, 5.41) is 29.5. The summed E-state index contributed by atoms with van der Waals surface area (Å²) in [7, 11) is 1.55. The molecule has 4 amide bonds. The summed E-state index contributed by atoms with van der Waals surface area (Å²) in [5.41, 5.74) is 22.9. The number of amides is 4. The van der Waals surface area contributed by atoms with E-state index in [4.69, 9.17) is 27.2 Å². The normalized spacial score (nSPS) is 10.5. The highest BCUT2D eigenvalue weighted by atomic mass is 32.1. The van der Waals surface area contributed by atoms with E-state index >= 15 is 0 Å². The summed E-state index contributed by atoms with van der Waals surface area (Å²) in [6, 6.07) is 50.6. The molecule has 0 saturated heterocycles. The van der Waals surface area contributed by atoms with Crippen LogP contribution < -0.4 is 59.2 Å². The molecular formula is C76H58F6N14O8S3. The highest BCUT2D eigenvalue weighted by molar-refractivity contribution is 7.19. The fourth-order valence-corrected chi connectivity index (χ4v) is 12.4. The number of nitrogen functional groups attached to an aromatic ring is 3. The number of halogens is 6. The lowest BCUT2D eigenvalue weighted by Gasteiger charge is -2.10. The van der Waals surface area contributed by atoms with E-state index in [2.05, 4.69) is 58.2 Å². The molecule has 0 spiro atoms. The van der Waals surface area contributed by atoms with Gasteiger partial charge >= 0.3 is 0 Å². The van der Waals surface area contributed by atoms with E-state index in [-0.39, 0.29) is 71.1 Å². The fraction of sp³-hybridized carbons (Fsp3) is 0.0658. The quantitative estimate of drug-likeness (QED) is 0.0223. The lowest BCUT2D eigenvalue weighted by molar-refractivity contribution is -0.114. The molecule has 13 N–H and O–H groups in total. The summed E-state index contributed by atoms with van der Waals surface area (Å²) in [5.74, 6) is -9.47. The number of benzene rings is 9. The molecule has 22 nitrogen and oxygen atoms in total. The standard InChI is InChI=1S/C26H19F2N5O2S.C25H19F2N5O3S.C25H20F2N4O3S/c27-19-2-1-3-20(28)21(19)22(34)23-24(30)33-26(36-23)32-18-10-8-17(9-11-18)25(35)31-14-16-6-4-15(5-7-16)12-13-29;1-13(33)29-15-9-11-16(12-10-15)30-24(35)14-5-7-17(8-6-14)31-25-32-23(28)22(36-25)21(34)20-18(26)3-2-4-19(20)27;1-13-6-11-16(34-2)12-19(13)30-24(33)14-7-9-15(10-8-14)29-25-31-23(28)22(35-25)21(32)20-17(26)4-3-5-18(20)27/h1-11H,12,14,30H2,(H,31,35)(H,32,33);2-12H,28H2,1H3,(H,29,33)(H,30,35)(H,31,32);3-12H,28H2,1-2H3,(H,29,31)(H,30,33). The molecule has 3 heterocycles. The number of nitrogens with two attached hydrogens (primary N) is 3. The number of aryl methyl sites for hydroxylation is 1. The van der Waals surface area contributed by atoms with Crippen molar-refractivity contribution in [3.05, 3.63) is 294 Å². The van der Waals surface area contributed by atoms with Gasteiger partial charge in [0.05, 0.1) is 36.3 Å². The first-order chi connectivity index (χ1) is 51.3. The van der Waals surface area contributed by atoms with Gasteiger partial charge in [0.15, 0.2) is 15.4 Å². The summed E-state index contributed by atoms with van der Waals surface area (Å²) in [4.78, 5) is 98.6. The predicted molar refractivity (Wildman–Crippen MR) is 399 cm³/mol. The molecule has 0 fully saturated rings. The van der Waals surface area contributed by atoms with Gasteiger partial charge in [-0.05, 0) is 163 Å². The number of nitriles is 1. The van der Waals surface area contributed by atoms with Crippen LogP contribution in [0.5, 0.6) is 5.75 Å². The van der Waals surface area contributed by atoms with Crippen LogP contribution in [0.1, 0.15) is 100 Å². The second-order valence-corrected chi connectivity index (χ2v) is 25.8. The van der Waals surface area contributed by atoms with E-state index in [0.717, 1.165) is 93.2 Å². The van der Waals surface area contributed by atoms with E-state index in [9.17, 15) is 59.9 Å². The van der Waals surface area contributed by atoms with Crippen LogP contribution in [0, 0.1) is 53.2 Å². The first kappa shape index (κ1) is 76.1. The SMILES string of the molecule is CC(=O)Nc1ccc(NC(=O)c2ccc(Nc3nc(N)c(C(=O)c4c(F)cccc4F)s3)cc2)cc1.COc1ccc(C)c(NC(=O)c2ccc(Nc3nc(N)c(C(=O)c4c(F)cccc4F)s3)cc2)c1.N#CCc1ccc(CNC(=O)c2ccc(Nc3nc(N)c(C(=O)c4c(F)cccc4F)s3)cc2)cc1. The number of hydrogen-bond donors (Lipinski definition) is 10. The third-order valence-corrected chi connectivity index (χ3v) is 18.2. The van der Waals surface area contributed by atoms with E-state index in [1.165, 1.54) is 19.1 Å². The zero-order chi connectivity index (χ0) is 76.6. The third-order valence-electron chi connectivity index (χ3n) is 15.3. The number of nitrogens with one attached hydrogen (secondary N) is 7. The number of ether oxygens (including phenoxy) is 1. The van der Waals surface area contributed by atoms with Gasteiger partial charge < -0.3 is 59.2 Å². The minimum absolute atomic E-state index is 0.0823. The Morgan fingerprint density at radius 3 is 1.13 bits per heavy atom. The van der Waals surface area contributed by atoms with E-state index in [1.54, 1.807) is 110 Å². The molecule has 0 atom stereocenters. The van der Waals surface area contributed by atoms with Crippen LogP contribution in [0.3, 0.4) is 0 Å². The molecule has 3 aromatic heterocycles. The van der Waals surface area contributed by atoms with Crippen molar-refractivity contribution in [1.29, 1.82) is 5.26 Å². The fourth-order valence-electron chi connectivity index (χ4n) is 9.87. The van der Waals surface area contributed by atoms with Gasteiger partial charge in [-0.3, -0.25) is 33.6 Å². The van der Waals surface area contributed by atoms with Crippen molar-refractivity contribution in [3.8, 4) is 11.8 Å². The molecule has 31 heteroatoms. The average molecular weight is 1510 g/mol. The topological polar surface area (TPSA) is 353 Å². The van der Waals surface area contributed by atoms with Gasteiger partial charge in [-0.15, -0.1) is 0 Å². The van der Waals surface area contributed by atoms with Gasteiger partial charge in [-0.1, -0.05) is 82.5 Å². The molecular weight excluding hydrogens is 1450 g/mol. The van der Waals surface area contributed by atoms with Gasteiger partial charge in [0.2, 0.25) is 23.3 Å². The number of methoxy groups -OCH3 is 1. The van der Waals surface area contributed by atoms with Crippen molar-refractivity contribution >= 4 is 142 Å². The van der Waals surface area contributed by atoms with E-state index in [0.29, 0.717) is 69.5 Å². The maximum absolute atomic E-state index is 14.0. The first-order valence-corrected chi connectivity index (χ1v) is 34.0. The first-order valence-electron chi connectivity index (χ1n) is 31.6. The molecule has 9 aromatic carbocycles. The van der Waals surface area contributed by atoms with Crippen LogP contribution in [0.15, 0.2) is 194 Å². The minimum Gasteiger partial charge on any atom is -0.497 e. The number of hydrogen-bond acceptors (Lipinski definition) is 21. The summed E-state index contributed by atoms with van der Waals surface area (Å²) >= 11 is 2.59. The highest BCUT2D eigenvalue weighted by Gasteiger charge is 2.28. The van der Waals surface area contributed by atoms with Crippen LogP contribution >= 0.6 is 34.0 Å². The zero-order valence-corrected chi connectivity index (χ0v) is 58.6. The van der Waals surface area contributed by atoms with Gasteiger partial charge in [0.25, 0.3) is 17.7 Å². The van der Waals surface area contributed by atoms with Crippen LogP contribution in [0.25, 0.3) is 0 Å². The predicted octanol–water partition coefficient (Wildman–Crippen LogP) is 15.7. The molecule has 0 radical (unpaired) electrons. The molecule has 0 aliphatic heterocycles. The number of carbonyl (C=O) groups is 7. The lowest BCUT2D eigenvalue weighted by atomic mass is 10.1. The number of aromatic nitrogens is 3. The molecule has 0 saturated carbocycles. The summed E-state index contributed by atoms with van der Waals surface area (Å²) in [6.45, 7) is 3.62. The Kier molecular flexibility index (Phi) is 24.6. The Labute approximate surface area is 617 Å². The molecule has 540 valence electrons. The Morgan fingerprint density at radius 1 is 0.439 bits per heavy atom. The third kappa shape index (κ3) is 19.4. The lowest BCUT2D eigenvalue weighted by Crippen LogP contribution is -2.22. The number of thiazole rings is 3. The zero-order valence-electron chi connectivity index (χ0n) is 56.2. The maximum atomic E-state index is 14.0. The van der Waals surface area contributed by atoms with Crippen LogP contribution in [0.2, 0.25) is 0 Å². The number of anilines is 12. The molecule has 0 bridgehead atoms. The van der Waals surface area contributed by atoms with Crippen LogP contribution in [-0.2, 0) is 17.8 Å². The van der Waals surface area contributed by atoms with Crippen molar-refractivity contribution in [2.75, 3.05) is 56.2 Å². The van der Waals surface area contributed by atoms with Crippen molar-refractivity contribution in [2.24, 2.45) is 0 Å². The molecule has 0 unspecified atom stereocenters. The van der Waals surface area contributed by atoms with Crippen molar-refractivity contribution in [1.82, 2.24) is 20.3 Å². The molecule has 107 heavy (non-hydrogen) atoms. The molecule has 0 aliphatic carbocycles.